The first kappa shape index (κ1) is 17.1. The molecule has 1 aromatic heterocycles. The molecule has 2 saturated heterocycles. The van der Waals surface area contributed by atoms with Crippen molar-refractivity contribution in [3.8, 4) is 5.88 Å². The number of carbonyl (C=O) groups is 1. The second kappa shape index (κ2) is 5.98. The van der Waals surface area contributed by atoms with Gasteiger partial charge >= 0.3 is 6.18 Å². The summed E-state index contributed by atoms with van der Waals surface area (Å²) in [6.45, 7) is 3.32. The predicted octanol–water partition coefficient (Wildman–Crippen LogP) is 1.97. The Kier molecular flexibility index (Phi) is 4.27. The van der Waals surface area contributed by atoms with Crippen LogP contribution in [0.1, 0.15) is 19.5 Å². The first-order chi connectivity index (χ1) is 11.2. The molecule has 1 aromatic rings. The fourth-order valence-corrected chi connectivity index (χ4v) is 2.77. The van der Waals surface area contributed by atoms with Crippen molar-refractivity contribution < 1.29 is 36.9 Å². The molecule has 9 heteroatoms. The number of fused-ring (bicyclic) bond motifs is 1. The molecule has 24 heavy (non-hydrogen) atoms. The summed E-state index contributed by atoms with van der Waals surface area (Å²) in [5.74, 6) is -1.15. The molecule has 2 aliphatic heterocycles. The maximum atomic E-state index is 12.7. The third-order valence-corrected chi connectivity index (χ3v) is 3.73. The quantitative estimate of drug-likeness (QED) is 0.779. The minimum Gasteiger partial charge on any atom is -0.469 e. The van der Waals surface area contributed by atoms with Crippen LogP contribution in [0.5, 0.6) is 5.88 Å². The molecule has 0 radical (unpaired) electrons. The minimum absolute atomic E-state index is 0.0259. The summed E-state index contributed by atoms with van der Waals surface area (Å²) in [5.41, 5.74) is -1.05. The molecule has 3 rings (SSSR count). The molecule has 6 nitrogen and oxygen atoms in total. The molecule has 0 unspecified atom stereocenters. The maximum Gasteiger partial charge on any atom is 0.433 e. The van der Waals surface area contributed by atoms with E-state index in [0.29, 0.717) is 6.29 Å². The van der Waals surface area contributed by atoms with Gasteiger partial charge in [-0.2, -0.15) is 13.2 Å². The molecule has 0 N–H and O–H groups in total. The Labute approximate surface area is 135 Å². The number of nitrogens with zero attached hydrogens (tertiary/aromatic N) is 1. The van der Waals surface area contributed by atoms with Gasteiger partial charge in [-0.15, -0.1) is 0 Å². The Morgan fingerprint density at radius 1 is 1.29 bits per heavy atom. The van der Waals surface area contributed by atoms with Crippen LogP contribution in [0, 0.1) is 0 Å². The number of rotatable bonds is 3. The van der Waals surface area contributed by atoms with E-state index >= 15 is 0 Å². The summed E-state index contributed by atoms with van der Waals surface area (Å²) >= 11 is 0. The Balaban J connectivity index is 1.79. The van der Waals surface area contributed by atoms with Gasteiger partial charge in [-0.1, -0.05) is 6.07 Å². The van der Waals surface area contributed by atoms with Crippen molar-refractivity contribution in [3.05, 3.63) is 23.9 Å². The summed E-state index contributed by atoms with van der Waals surface area (Å²) < 4.78 is 60.5. The summed E-state index contributed by atoms with van der Waals surface area (Å²) in [5, 5.41) is 0. The zero-order valence-corrected chi connectivity index (χ0v) is 12.9. The van der Waals surface area contributed by atoms with Crippen LogP contribution in [-0.2, 0) is 25.2 Å². The number of alkyl halides is 3. The van der Waals surface area contributed by atoms with E-state index in [1.54, 1.807) is 13.8 Å². The SMILES string of the molecule is CC1(C)O[C@@H]2[C@H](O1)[C@@H](Oc1cccc(C(F)(F)F)n1)CO[C@@H]2C=O. The van der Waals surface area contributed by atoms with Gasteiger partial charge in [0.2, 0.25) is 5.88 Å². The Morgan fingerprint density at radius 3 is 2.67 bits per heavy atom. The van der Waals surface area contributed by atoms with Gasteiger partial charge in [0.15, 0.2) is 18.2 Å². The van der Waals surface area contributed by atoms with E-state index in [1.807, 2.05) is 0 Å². The van der Waals surface area contributed by atoms with Crippen LogP contribution in [-0.4, -0.2) is 48.1 Å². The van der Waals surface area contributed by atoms with Crippen LogP contribution in [0.15, 0.2) is 18.2 Å². The fraction of sp³-hybridized carbons (Fsp3) is 0.600. The second-order valence-corrected chi connectivity index (χ2v) is 6.01. The smallest absolute Gasteiger partial charge is 0.433 e. The number of ether oxygens (including phenoxy) is 4. The number of aldehydes is 1. The number of aromatic nitrogens is 1. The zero-order valence-electron chi connectivity index (χ0n) is 12.9. The highest BCUT2D eigenvalue weighted by Crippen LogP contribution is 2.36. The molecular formula is C15H16F3NO5. The number of carbonyl (C=O) groups excluding carboxylic acids is 1. The Hall–Kier alpha value is -1.71. The summed E-state index contributed by atoms with van der Waals surface area (Å²) in [7, 11) is 0. The molecule has 0 aromatic carbocycles. The predicted molar refractivity (Wildman–Crippen MR) is 73.3 cm³/mol. The third kappa shape index (κ3) is 3.38. The van der Waals surface area contributed by atoms with E-state index in [0.717, 1.165) is 6.07 Å². The molecule has 0 saturated carbocycles. The molecule has 2 fully saturated rings. The van der Waals surface area contributed by atoms with Crippen molar-refractivity contribution in [3.63, 3.8) is 0 Å². The molecule has 0 aliphatic carbocycles. The van der Waals surface area contributed by atoms with Gasteiger partial charge in [-0.05, 0) is 19.9 Å². The van der Waals surface area contributed by atoms with Crippen molar-refractivity contribution >= 4 is 6.29 Å². The van der Waals surface area contributed by atoms with Crippen molar-refractivity contribution in [1.29, 1.82) is 0 Å². The van der Waals surface area contributed by atoms with E-state index in [4.69, 9.17) is 18.9 Å². The summed E-state index contributed by atoms with van der Waals surface area (Å²) in [4.78, 5) is 14.6. The Morgan fingerprint density at radius 2 is 2.00 bits per heavy atom. The molecule has 4 atom stereocenters. The topological polar surface area (TPSA) is 66.9 Å². The normalized spacial score (nSPS) is 32.2. The van der Waals surface area contributed by atoms with Gasteiger partial charge in [0.25, 0.3) is 0 Å². The molecule has 3 heterocycles. The monoisotopic (exact) mass is 347 g/mol. The van der Waals surface area contributed by atoms with Gasteiger partial charge in [-0.25, -0.2) is 4.98 Å². The Bertz CT molecular complexity index is 621. The van der Waals surface area contributed by atoms with Gasteiger partial charge in [0, 0.05) is 6.07 Å². The highest BCUT2D eigenvalue weighted by atomic mass is 19.4. The molecule has 132 valence electrons. The van der Waals surface area contributed by atoms with Crippen LogP contribution in [0.4, 0.5) is 13.2 Å². The van der Waals surface area contributed by atoms with Crippen LogP contribution >= 0.6 is 0 Å². The molecule has 0 amide bonds. The van der Waals surface area contributed by atoms with Crippen LogP contribution < -0.4 is 4.74 Å². The lowest BCUT2D eigenvalue weighted by Crippen LogP contribution is -2.54. The van der Waals surface area contributed by atoms with E-state index in [1.165, 1.54) is 12.1 Å². The largest absolute Gasteiger partial charge is 0.469 e. The summed E-state index contributed by atoms with van der Waals surface area (Å²) in [6, 6.07) is 3.38. The fourth-order valence-electron chi connectivity index (χ4n) is 2.77. The van der Waals surface area contributed by atoms with E-state index in [2.05, 4.69) is 4.98 Å². The average Bonchev–Trinajstić information content (AvgIpc) is 2.83. The first-order valence-corrected chi connectivity index (χ1v) is 7.33. The van der Waals surface area contributed by atoms with Gasteiger partial charge in [-0.3, -0.25) is 0 Å². The molecule has 0 spiro atoms. The summed E-state index contributed by atoms with van der Waals surface area (Å²) in [6.07, 6.45) is -6.86. The van der Waals surface area contributed by atoms with Crippen molar-refractivity contribution in [2.24, 2.45) is 0 Å². The van der Waals surface area contributed by atoms with Gasteiger partial charge in [0.1, 0.15) is 24.0 Å². The lowest BCUT2D eigenvalue weighted by Gasteiger charge is -2.34. The van der Waals surface area contributed by atoms with Crippen molar-refractivity contribution in [2.45, 2.75) is 50.2 Å². The first-order valence-electron chi connectivity index (χ1n) is 7.33. The van der Waals surface area contributed by atoms with Crippen molar-refractivity contribution in [2.75, 3.05) is 6.61 Å². The second-order valence-electron chi connectivity index (χ2n) is 6.01. The maximum absolute atomic E-state index is 12.7. The highest BCUT2D eigenvalue weighted by molar-refractivity contribution is 5.58. The number of halogens is 3. The van der Waals surface area contributed by atoms with E-state index < -0.39 is 42.1 Å². The van der Waals surface area contributed by atoms with Crippen LogP contribution in [0.25, 0.3) is 0 Å². The van der Waals surface area contributed by atoms with Gasteiger partial charge < -0.3 is 23.7 Å². The standard InChI is InChI=1S/C15H16F3NO5/c1-14(2)23-12-8(6-20)21-7-9(13(12)24-14)22-11-5-3-4-10(19-11)15(16,17)18/h3-6,8-9,12-13H,7H2,1-2H3/t8-,9+,12+,13-/m1/s1. The van der Waals surface area contributed by atoms with E-state index in [-0.39, 0.29) is 12.5 Å². The van der Waals surface area contributed by atoms with Gasteiger partial charge in [0.05, 0.1) is 6.61 Å². The average molecular weight is 347 g/mol. The van der Waals surface area contributed by atoms with Crippen molar-refractivity contribution in [1.82, 2.24) is 4.98 Å². The zero-order chi connectivity index (χ0) is 17.5. The van der Waals surface area contributed by atoms with E-state index in [9.17, 15) is 18.0 Å². The molecular weight excluding hydrogens is 331 g/mol. The number of hydrogen-bond donors (Lipinski definition) is 0. The van der Waals surface area contributed by atoms with Crippen LogP contribution in [0.3, 0.4) is 0 Å². The highest BCUT2D eigenvalue weighted by Gasteiger charge is 2.53. The van der Waals surface area contributed by atoms with Crippen LogP contribution in [0.2, 0.25) is 0 Å². The third-order valence-electron chi connectivity index (χ3n) is 3.73. The lowest BCUT2D eigenvalue weighted by molar-refractivity contribution is -0.156. The molecule has 0 bridgehead atoms. The number of pyridine rings is 1. The number of hydrogen-bond acceptors (Lipinski definition) is 6. The minimum atomic E-state index is -4.57. The lowest BCUT2D eigenvalue weighted by atomic mass is 10.0. The molecule has 2 aliphatic rings.